The van der Waals surface area contributed by atoms with Crippen LogP contribution in [0.2, 0.25) is 0 Å². The van der Waals surface area contributed by atoms with Gasteiger partial charge in [-0.1, -0.05) is 12.1 Å². The Kier molecular flexibility index (Phi) is 3.08. The molecule has 0 atom stereocenters. The molecule has 1 aliphatic heterocycles. The Morgan fingerprint density at radius 1 is 1.26 bits per heavy atom. The lowest BCUT2D eigenvalue weighted by molar-refractivity contribution is -0.116. The smallest absolute Gasteiger partial charge is 0.227 e. The molecule has 116 valence electrons. The summed E-state index contributed by atoms with van der Waals surface area (Å²) in [7, 11) is 1.94. The lowest BCUT2D eigenvalue weighted by atomic mass is 9.97. The average molecular weight is 307 g/mol. The third-order valence-corrected chi connectivity index (χ3v) is 4.25. The Labute approximate surface area is 133 Å². The number of amides is 1. The van der Waals surface area contributed by atoms with Crippen LogP contribution in [-0.2, 0) is 11.8 Å². The Balaban J connectivity index is 1.93. The second-order valence-electron chi connectivity index (χ2n) is 5.82. The Bertz CT molecular complexity index is 927. The van der Waals surface area contributed by atoms with Crippen LogP contribution in [0.4, 0.5) is 5.69 Å². The molecule has 1 aliphatic rings. The molecule has 4 rings (SSSR count). The van der Waals surface area contributed by atoms with Crippen LogP contribution in [0.15, 0.2) is 36.5 Å². The van der Waals surface area contributed by atoms with E-state index in [-0.39, 0.29) is 5.91 Å². The van der Waals surface area contributed by atoms with Gasteiger partial charge in [0, 0.05) is 18.0 Å². The highest BCUT2D eigenvalue weighted by Crippen LogP contribution is 2.40. The van der Waals surface area contributed by atoms with E-state index in [1.165, 1.54) is 0 Å². The van der Waals surface area contributed by atoms with Gasteiger partial charge in [0.05, 0.1) is 30.4 Å². The molecule has 5 nitrogen and oxygen atoms in total. The van der Waals surface area contributed by atoms with Crippen LogP contribution in [0.5, 0.6) is 5.75 Å². The first-order chi connectivity index (χ1) is 11.1. The molecule has 2 aromatic carbocycles. The molecule has 1 amide bonds. The Morgan fingerprint density at radius 2 is 2.13 bits per heavy atom. The van der Waals surface area contributed by atoms with Gasteiger partial charge in [0.25, 0.3) is 0 Å². The summed E-state index contributed by atoms with van der Waals surface area (Å²) in [5.41, 5.74) is 5.07. The van der Waals surface area contributed by atoms with Gasteiger partial charge in [-0.25, -0.2) is 0 Å². The molecule has 0 radical (unpaired) electrons. The van der Waals surface area contributed by atoms with Gasteiger partial charge < -0.3 is 10.1 Å². The van der Waals surface area contributed by atoms with E-state index in [1.807, 2.05) is 36.1 Å². The summed E-state index contributed by atoms with van der Waals surface area (Å²) in [5.74, 6) is 0.727. The number of ether oxygens (including phenoxy) is 1. The number of aryl methyl sites for hydroxylation is 2. The van der Waals surface area contributed by atoms with Gasteiger partial charge in [0.15, 0.2) is 5.75 Å². The highest BCUT2D eigenvalue weighted by molar-refractivity contribution is 5.96. The van der Waals surface area contributed by atoms with Crippen molar-refractivity contribution in [2.24, 2.45) is 7.05 Å². The number of nitrogens with zero attached hydrogens (tertiary/aromatic N) is 2. The summed E-state index contributed by atoms with van der Waals surface area (Å²) >= 11 is 0. The summed E-state index contributed by atoms with van der Waals surface area (Å²) in [4.78, 5) is 11.7. The van der Waals surface area contributed by atoms with Crippen molar-refractivity contribution in [2.75, 3.05) is 11.9 Å². The van der Waals surface area contributed by atoms with Gasteiger partial charge in [-0.15, -0.1) is 0 Å². The van der Waals surface area contributed by atoms with E-state index in [0.29, 0.717) is 13.0 Å². The van der Waals surface area contributed by atoms with Crippen molar-refractivity contribution < 1.29 is 9.53 Å². The van der Waals surface area contributed by atoms with Crippen molar-refractivity contribution in [3.8, 4) is 16.9 Å². The van der Waals surface area contributed by atoms with Gasteiger partial charge in [0.1, 0.15) is 0 Å². The zero-order valence-corrected chi connectivity index (χ0v) is 13.1. The van der Waals surface area contributed by atoms with E-state index >= 15 is 0 Å². The summed E-state index contributed by atoms with van der Waals surface area (Å²) in [6.07, 6.45) is 2.23. The van der Waals surface area contributed by atoms with E-state index in [0.717, 1.165) is 39.0 Å². The van der Waals surface area contributed by atoms with Crippen LogP contribution in [0.1, 0.15) is 12.0 Å². The van der Waals surface area contributed by atoms with Crippen molar-refractivity contribution in [3.05, 3.63) is 42.1 Å². The van der Waals surface area contributed by atoms with Crippen LogP contribution < -0.4 is 10.1 Å². The van der Waals surface area contributed by atoms with Crippen molar-refractivity contribution in [2.45, 2.75) is 13.3 Å². The van der Waals surface area contributed by atoms with Crippen molar-refractivity contribution >= 4 is 22.5 Å². The number of benzene rings is 2. The first-order valence-electron chi connectivity index (χ1n) is 7.62. The highest BCUT2D eigenvalue weighted by atomic mass is 16.5. The molecule has 1 aromatic heterocycles. The van der Waals surface area contributed by atoms with Crippen LogP contribution in [0.25, 0.3) is 22.0 Å². The molecule has 23 heavy (non-hydrogen) atoms. The summed E-state index contributed by atoms with van der Waals surface area (Å²) in [5, 5.41) is 8.31. The number of carbonyl (C=O) groups is 1. The van der Waals surface area contributed by atoms with Gasteiger partial charge >= 0.3 is 0 Å². The van der Waals surface area contributed by atoms with Gasteiger partial charge in [-0.05, 0) is 36.2 Å². The summed E-state index contributed by atoms with van der Waals surface area (Å²) in [6, 6.07) is 10.1. The molecule has 5 heteroatoms. The maximum absolute atomic E-state index is 11.7. The monoisotopic (exact) mass is 307 g/mol. The van der Waals surface area contributed by atoms with Gasteiger partial charge in [-0.2, -0.15) is 5.10 Å². The van der Waals surface area contributed by atoms with Crippen LogP contribution in [0, 0.1) is 6.92 Å². The molecule has 0 spiro atoms. The molecule has 0 aliphatic carbocycles. The molecule has 0 saturated carbocycles. The zero-order valence-electron chi connectivity index (χ0n) is 13.1. The quantitative estimate of drug-likeness (QED) is 0.750. The van der Waals surface area contributed by atoms with Crippen molar-refractivity contribution in [1.29, 1.82) is 0 Å². The molecular formula is C18H17N3O2. The average Bonchev–Trinajstić information content (AvgIpc) is 2.77. The van der Waals surface area contributed by atoms with Crippen molar-refractivity contribution in [1.82, 2.24) is 9.78 Å². The molecule has 0 saturated heterocycles. The topological polar surface area (TPSA) is 56.2 Å². The van der Waals surface area contributed by atoms with Crippen LogP contribution >= 0.6 is 0 Å². The predicted molar refractivity (Wildman–Crippen MR) is 89.6 cm³/mol. The summed E-state index contributed by atoms with van der Waals surface area (Å²) in [6.45, 7) is 2.47. The number of rotatable bonds is 1. The van der Waals surface area contributed by atoms with Crippen LogP contribution in [-0.4, -0.2) is 22.3 Å². The van der Waals surface area contributed by atoms with E-state index in [4.69, 9.17) is 4.74 Å². The maximum Gasteiger partial charge on any atom is 0.227 e. The molecule has 3 aromatic rings. The number of fused-ring (bicyclic) bond motifs is 2. The molecule has 0 bridgehead atoms. The number of hydrogen-bond donors (Lipinski definition) is 1. The Morgan fingerprint density at radius 3 is 3.00 bits per heavy atom. The standard InChI is InChI=1S/C18H17N3O2/c1-11-8-16-12(10-19-21(16)2)9-14(11)13-4-3-5-15-18(13)23-7-6-17(22)20-15/h3-5,8-10H,6-7H2,1-2H3,(H,20,22). The number of aromatic nitrogens is 2. The second-order valence-corrected chi connectivity index (χ2v) is 5.82. The Hall–Kier alpha value is -2.82. The third kappa shape index (κ3) is 2.25. The van der Waals surface area contributed by atoms with E-state index < -0.39 is 0 Å². The van der Waals surface area contributed by atoms with Crippen molar-refractivity contribution in [3.63, 3.8) is 0 Å². The predicted octanol–water partition coefficient (Wildman–Crippen LogP) is 3.27. The van der Waals surface area contributed by atoms with Gasteiger partial charge in [-0.3, -0.25) is 9.48 Å². The van der Waals surface area contributed by atoms with Gasteiger partial charge in [0.2, 0.25) is 5.91 Å². The minimum absolute atomic E-state index is 0.0136. The molecule has 0 unspecified atom stereocenters. The SMILES string of the molecule is Cc1cc2c(cnn2C)cc1-c1cccc2c1OCCC(=O)N2. The maximum atomic E-state index is 11.7. The minimum Gasteiger partial charge on any atom is -0.490 e. The lowest BCUT2D eigenvalue weighted by Crippen LogP contribution is -2.10. The fraction of sp³-hybridized carbons (Fsp3) is 0.222. The second kappa shape index (κ2) is 5.12. The third-order valence-electron chi connectivity index (χ3n) is 4.25. The summed E-state index contributed by atoms with van der Waals surface area (Å²) < 4.78 is 7.74. The van der Waals surface area contributed by atoms with E-state index in [2.05, 4.69) is 29.5 Å². The van der Waals surface area contributed by atoms with Crippen LogP contribution in [0.3, 0.4) is 0 Å². The zero-order chi connectivity index (χ0) is 16.0. The van der Waals surface area contributed by atoms with E-state index in [9.17, 15) is 4.79 Å². The first-order valence-corrected chi connectivity index (χ1v) is 7.62. The number of hydrogen-bond acceptors (Lipinski definition) is 3. The normalized spacial score (nSPS) is 14.1. The molecular weight excluding hydrogens is 290 g/mol. The lowest BCUT2D eigenvalue weighted by Gasteiger charge is -2.15. The highest BCUT2D eigenvalue weighted by Gasteiger charge is 2.19. The number of carbonyl (C=O) groups excluding carboxylic acids is 1. The van der Waals surface area contributed by atoms with E-state index in [1.54, 1.807) is 0 Å². The molecule has 2 heterocycles. The fourth-order valence-electron chi connectivity index (χ4n) is 3.06. The largest absolute Gasteiger partial charge is 0.490 e. The fourth-order valence-corrected chi connectivity index (χ4v) is 3.06. The minimum atomic E-state index is -0.0136. The number of para-hydroxylation sites is 1. The number of nitrogens with one attached hydrogen (secondary N) is 1. The first kappa shape index (κ1) is 13.8. The molecule has 1 N–H and O–H groups in total. The molecule has 0 fully saturated rings. The number of anilines is 1.